The lowest BCUT2D eigenvalue weighted by Crippen LogP contribution is -2.19. The van der Waals surface area contributed by atoms with Gasteiger partial charge in [-0.15, -0.1) is 11.8 Å². The van der Waals surface area contributed by atoms with E-state index in [4.69, 9.17) is 10.4 Å². The Morgan fingerprint density at radius 3 is 2.62 bits per heavy atom. The fourth-order valence-electron chi connectivity index (χ4n) is 1.85. The molecule has 1 unspecified atom stereocenters. The fraction of sp³-hybridized carbons (Fsp3) is 0.143. The number of thioether (sulfide) groups is 1. The summed E-state index contributed by atoms with van der Waals surface area (Å²) >= 11 is 1.34. The van der Waals surface area contributed by atoms with Gasteiger partial charge in [0.2, 0.25) is 0 Å². The number of nitriles is 1. The summed E-state index contributed by atoms with van der Waals surface area (Å²) in [5.74, 6) is -1.32. The maximum atomic E-state index is 11.8. The van der Waals surface area contributed by atoms with Crippen LogP contribution in [0.2, 0.25) is 0 Å². The number of anilines is 1. The molecule has 1 atom stereocenters. The lowest BCUT2D eigenvalue weighted by atomic mass is 10.0. The highest BCUT2D eigenvalue weighted by atomic mass is 32.2. The maximum Gasteiger partial charge on any atom is 0.409 e. The van der Waals surface area contributed by atoms with Crippen molar-refractivity contribution in [3.8, 4) is 6.07 Å². The van der Waals surface area contributed by atoms with Crippen LogP contribution in [0.3, 0.4) is 0 Å². The summed E-state index contributed by atoms with van der Waals surface area (Å²) in [5, 5.41) is 19.8. The zero-order valence-corrected chi connectivity index (χ0v) is 11.8. The first kappa shape index (κ1) is 14.8. The quantitative estimate of drug-likeness (QED) is 0.892. The SMILES string of the molecule is CSC1=CC(c2ccc(NC(=O)O)cc2)=NC(=O)C1C#N. The average Bonchev–Trinajstić information content (AvgIpc) is 2.46. The van der Waals surface area contributed by atoms with E-state index in [0.717, 1.165) is 0 Å². The van der Waals surface area contributed by atoms with Crippen LogP contribution in [0.4, 0.5) is 10.5 Å². The zero-order chi connectivity index (χ0) is 15.4. The van der Waals surface area contributed by atoms with Gasteiger partial charge in [-0.25, -0.2) is 9.79 Å². The van der Waals surface area contributed by atoms with Gasteiger partial charge in [0.1, 0.15) is 0 Å². The summed E-state index contributed by atoms with van der Waals surface area (Å²) in [7, 11) is 0. The molecular weight excluding hydrogens is 290 g/mol. The first-order valence-corrected chi connectivity index (χ1v) is 7.15. The number of carboxylic acid groups (broad SMARTS) is 1. The Hall–Kier alpha value is -2.59. The van der Waals surface area contributed by atoms with E-state index in [1.54, 1.807) is 36.6 Å². The Kier molecular flexibility index (Phi) is 4.40. The van der Waals surface area contributed by atoms with Crippen LogP contribution < -0.4 is 5.32 Å². The minimum atomic E-state index is -1.14. The molecule has 0 aliphatic carbocycles. The third kappa shape index (κ3) is 3.30. The third-order valence-electron chi connectivity index (χ3n) is 2.84. The average molecular weight is 301 g/mol. The molecule has 0 saturated heterocycles. The molecule has 1 aliphatic rings. The predicted molar refractivity (Wildman–Crippen MR) is 80.3 cm³/mol. The zero-order valence-electron chi connectivity index (χ0n) is 11.0. The van der Waals surface area contributed by atoms with Crippen molar-refractivity contribution in [2.45, 2.75) is 0 Å². The standard InChI is InChI=1S/C14H11N3O3S/c1-21-12-6-11(17-13(18)10(12)7-15)8-2-4-9(5-3-8)16-14(19)20/h2-6,10,16H,1H3,(H,19,20). The maximum absolute atomic E-state index is 11.8. The molecule has 0 aromatic heterocycles. The van der Waals surface area contributed by atoms with Gasteiger partial charge in [-0.1, -0.05) is 12.1 Å². The molecule has 106 valence electrons. The second-order valence-corrected chi connectivity index (χ2v) is 5.04. The van der Waals surface area contributed by atoms with Gasteiger partial charge in [-0.3, -0.25) is 10.1 Å². The van der Waals surface area contributed by atoms with Crippen molar-refractivity contribution >= 4 is 35.2 Å². The molecule has 6 nitrogen and oxygen atoms in total. The number of carbonyl (C=O) groups excluding carboxylic acids is 1. The van der Waals surface area contributed by atoms with E-state index in [0.29, 0.717) is 21.9 Å². The molecule has 1 aliphatic heterocycles. The van der Waals surface area contributed by atoms with E-state index >= 15 is 0 Å². The van der Waals surface area contributed by atoms with Crippen molar-refractivity contribution in [2.75, 3.05) is 11.6 Å². The summed E-state index contributed by atoms with van der Waals surface area (Å²) < 4.78 is 0. The highest BCUT2D eigenvalue weighted by molar-refractivity contribution is 8.02. The lowest BCUT2D eigenvalue weighted by Gasteiger charge is -2.15. The Balaban J connectivity index is 2.30. The van der Waals surface area contributed by atoms with E-state index < -0.39 is 17.9 Å². The van der Waals surface area contributed by atoms with Crippen molar-refractivity contribution in [3.63, 3.8) is 0 Å². The summed E-state index contributed by atoms with van der Waals surface area (Å²) in [6.07, 6.45) is 2.36. The number of allylic oxidation sites excluding steroid dienone is 1. The monoisotopic (exact) mass is 301 g/mol. The summed E-state index contributed by atoms with van der Waals surface area (Å²) in [4.78, 5) is 26.9. The molecule has 0 radical (unpaired) electrons. The summed E-state index contributed by atoms with van der Waals surface area (Å²) in [5.41, 5.74) is 1.58. The Morgan fingerprint density at radius 2 is 2.10 bits per heavy atom. The van der Waals surface area contributed by atoms with Crippen molar-refractivity contribution in [1.29, 1.82) is 5.26 Å². The Bertz CT molecular complexity index is 686. The Labute approximate surface area is 125 Å². The molecule has 0 fully saturated rings. The molecule has 1 heterocycles. The highest BCUT2D eigenvalue weighted by Crippen LogP contribution is 2.27. The van der Waals surface area contributed by atoms with Gasteiger partial charge < -0.3 is 5.11 Å². The van der Waals surface area contributed by atoms with Crippen molar-refractivity contribution in [1.82, 2.24) is 0 Å². The van der Waals surface area contributed by atoms with Crippen molar-refractivity contribution < 1.29 is 14.7 Å². The topological polar surface area (TPSA) is 103 Å². The van der Waals surface area contributed by atoms with Crippen LogP contribution in [0.25, 0.3) is 0 Å². The first-order chi connectivity index (χ1) is 10.0. The molecule has 2 N–H and O–H groups in total. The second kappa shape index (κ2) is 6.24. The van der Waals surface area contributed by atoms with Crippen LogP contribution in [0, 0.1) is 17.2 Å². The van der Waals surface area contributed by atoms with Gasteiger partial charge in [0.25, 0.3) is 5.91 Å². The molecule has 7 heteroatoms. The van der Waals surface area contributed by atoms with Crippen LogP contribution >= 0.6 is 11.8 Å². The number of nitrogens with zero attached hydrogens (tertiary/aromatic N) is 2. The minimum absolute atomic E-state index is 0.429. The molecular formula is C14H11N3O3S. The molecule has 0 bridgehead atoms. The summed E-state index contributed by atoms with van der Waals surface area (Å²) in [6.45, 7) is 0. The Morgan fingerprint density at radius 1 is 1.43 bits per heavy atom. The molecule has 2 amide bonds. The second-order valence-electron chi connectivity index (χ2n) is 4.16. The number of nitrogens with one attached hydrogen (secondary N) is 1. The number of dihydropyridines is 1. The van der Waals surface area contributed by atoms with E-state index in [2.05, 4.69) is 10.3 Å². The van der Waals surface area contributed by atoms with Crippen LogP contribution in [-0.2, 0) is 4.79 Å². The fourth-order valence-corrected chi connectivity index (χ4v) is 2.47. The molecule has 2 rings (SSSR count). The first-order valence-electron chi connectivity index (χ1n) is 5.93. The number of rotatable bonds is 3. The van der Waals surface area contributed by atoms with Gasteiger partial charge in [0.05, 0.1) is 11.8 Å². The van der Waals surface area contributed by atoms with E-state index in [9.17, 15) is 9.59 Å². The van der Waals surface area contributed by atoms with Gasteiger partial charge in [0.15, 0.2) is 5.92 Å². The predicted octanol–water partition coefficient (Wildman–Crippen LogP) is 2.49. The van der Waals surface area contributed by atoms with Crippen molar-refractivity contribution in [3.05, 3.63) is 40.8 Å². The summed E-state index contributed by atoms with van der Waals surface area (Å²) in [6, 6.07) is 8.43. The number of carbonyl (C=O) groups is 2. The highest BCUT2D eigenvalue weighted by Gasteiger charge is 2.26. The van der Waals surface area contributed by atoms with E-state index in [-0.39, 0.29) is 0 Å². The number of benzene rings is 1. The molecule has 0 spiro atoms. The van der Waals surface area contributed by atoms with Gasteiger partial charge in [-0.2, -0.15) is 5.26 Å². The number of hydrogen-bond acceptors (Lipinski definition) is 4. The van der Waals surface area contributed by atoms with Crippen LogP contribution in [0.1, 0.15) is 5.56 Å². The third-order valence-corrected chi connectivity index (χ3v) is 3.66. The molecule has 21 heavy (non-hydrogen) atoms. The van der Waals surface area contributed by atoms with E-state index in [1.807, 2.05) is 6.07 Å². The number of amides is 2. The molecule has 1 aromatic carbocycles. The van der Waals surface area contributed by atoms with Gasteiger partial charge in [-0.05, 0) is 24.5 Å². The number of aliphatic imine (C=N–C) groups is 1. The molecule has 0 saturated carbocycles. The minimum Gasteiger partial charge on any atom is -0.465 e. The van der Waals surface area contributed by atoms with Crippen molar-refractivity contribution in [2.24, 2.45) is 10.9 Å². The lowest BCUT2D eigenvalue weighted by molar-refractivity contribution is -0.119. The van der Waals surface area contributed by atoms with E-state index in [1.165, 1.54) is 11.8 Å². The normalized spacial score (nSPS) is 17.5. The smallest absolute Gasteiger partial charge is 0.409 e. The largest absolute Gasteiger partial charge is 0.465 e. The molecule has 1 aromatic rings. The van der Waals surface area contributed by atoms with Gasteiger partial charge >= 0.3 is 6.09 Å². The van der Waals surface area contributed by atoms with Crippen LogP contribution in [-0.4, -0.2) is 29.1 Å². The van der Waals surface area contributed by atoms with Crippen LogP contribution in [0.15, 0.2) is 40.2 Å². The van der Waals surface area contributed by atoms with Crippen LogP contribution in [0.5, 0.6) is 0 Å². The number of hydrogen-bond donors (Lipinski definition) is 2. The van der Waals surface area contributed by atoms with Gasteiger partial charge in [0, 0.05) is 16.2 Å².